The lowest BCUT2D eigenvalue weighted by molar-refractivity contribution is -0.565. The maximum atomic E-state index is 13.0. The minimum atomic E-state index is -0.867. The molecule has 34 heavy (non-hydrogen) atoms. The number of ether oxygens (including phenoxy) is 3. The number of nitrogens with one attached hydrogen (secondary N) is 1. The number of rotatable bonds is 7. The number of hydrogen-bond acceptors (Lipinski definition) is 6. The SMILES string of the molecule is COc1cc(/C=[N+]2\N=C([O-])[C@@H](NC(=O)c3ccccc3)[C@@H]2c2ccccc2)cc(OC)c1OC. The van der Waals surface area contributed by atoms with Crippen LogP contribution < -0.4 is 24.6 Å². The van der Waals surface area contributed by atoms with E-state index in [1.54, 1.807) is 47.3 Å². The first-order chi connectivity index (χ1) is 16.5. The first-order valence-corrected chi connectivity index (χ1v) is 10.6. The Hall–Kier alpha value is -4.33. The predicted molar refractivity (Wildman–Crippen MR) is 126 cm³/mol. The summed E-state index contributed by atoms with van der Waals surface area (Å²) < 4.78 is 17.8. The molecule has 1 aliphatic rings. The van der Waals surface area contributed by atoms with Crippen molar-refractivity contribution in [3.8, 4) is 17.2 Å². The molecule has 0 bridgehead atoms. The highest BCUT2D eigenvalue weighted by molar-refractivity contribution is 5.97. The quantitative estimate of drug-likeness (QED) is 0.548. The van der Waals surface area contributed by atoms with E-state index in [2.05, 4.69) is 10.4 Å². The van der Waals surface area contributed by atoms with Gasteiger partial charge in [-0.3, -0.25) is 4.79 Å². The van der Waals surface area contributed by atoms with Crippen molar-refractivity contribution in [2.24, 2.45) is 5.10 Å². The van der Waals surface area contributed by atoms with Crippen LogP contribution in [0, 0.1) is 0 Å². The number of benzene rings is 3. The molecular formula is C26H25N3O5. The number of amides is 1. The van der Waals surface area contributed by atoms with Gasteiger partial charge in [0.1, 0.15) is 6.04 Å². The van der Waals surface area contributed by atoms with E-state index in [9.17, 15) is 9.90 Å². The van der Waals surface area contributed by atoms with E-state index >= 15 is 0 Å². The number of hydrogen-bond donors (Lipinski definition) is 1. The number of methoxy groups -OCH3 is 3. The molecule has 1 heterocycles. The molecule has 0 radical (unpaired) electrons. The fourth-order valence-electron chi connectivity index (χ4n) is 3.91. The maximum absolute atomic E-state index is 13.0. The Balaban J connectivity index is 1.75. The van der Waals surface area contributed by atoms with Crippen LogP contribution in [0.15, 0.2) is 77.9 Å². The smallest absolute Gasteiger partial charge is 0.252 e. The summed E-state index contributed by atoms with van der Waals surface area (Å²) in [6.07, 6.45) is 1.72. The Morgan fingerprint density at radius 1 is 0.941 bits per heavy atom. The molecule has 0 aromatic heterocycles. The molecule has 8 heteroatoms. The first kappa shape index (κ1) is 22.8. The van der Waals surface area contributed by atoms with E-state index in [-0.39, 0.29) is 5.91 Å². The van der Waals surface area contributed by atoms with Gasteiger partial charge < -0.3 is 24.6 Å². The van der Waals surface area contributed by atoms with Gasteiger partial charge in [0.15, 0.2) is 11.5 Å². The van der Waals surface area contributed by atoms with Crippen LogP contribution in [-0.4, -0.2) is 50.1 Å². The minimum absolute atomic E-state index is 0.343. The third kappa shape index (κ3) is 4.56. The molecule has 1 amide bonds. The highest BCUT2D eigenvalue weighted by Gasteiger charge is 2.41. The van der Waals surface area contributed by atoms with Crippen LogP contribution in [0.3, 0.4) is 0 Å². The monoisotopic (exact) mass is 459 g/mol. The van der Waals surface area contributed by atoms with E-state index in [1.165, 1.54) is 21.3 Å². The van der Waals surface area contributed by atoms with Crippen LogP contribution in [0.5, 0.6) is 17.2 Å². The molecule has 0 fully saturated rings. The number of carbonyl (C=O) groups excluding carboxylic acids is 1. The molecule has 0 unspecified atom stereocenters. The zero-order valence-corrected chi connectivity index (χ0v) is 19.1. The second-order valence-electron chi connectivity index (χ2n) is 7.58. The van der Waals surface area contributed by atoms with Gasteiger partial charge in [0, 0.05) is 16.7 Å². The van der Waals surface area contributed by atoms with Gasteiger partial charge in [-0.25, -0.2) is 0 Å². The van der Waals surface area contributed by atoms with Gasteiger partial charge in [-0.15, -0.1) is 0 Å². The Bertz CT molecular complexity index is 1200. The molecule has 174 valence electrons. The Labute approximate surface area is 197 Å². The van der Waals surface area contributed by atoms with Crippen molar-refractivity contribution in [1.82, 2.24) is 5.32 Å². The molecule has 3 aromatic rings. The zero-order chi connectivity index (χ0) is 24.1. The van der Waals surface area contributed by atoms with Crippen molar-refractivity contribution in [1.29, 1.82) is 0 Å². The molecule has 0 saturated carbocycles. The van der Waals surface area contributed by atoms with Crippen LogP contribution in [0.4, 0.5) is 0 Å². The van der Waals surface area contributed by atoms with E-state index < -0.39 is 18.0 Å². The van der Waals surface area contributed by atoms with Gasteiger partial charge in [-0.1, -0.05) is 53.2 Å². The van der Waals surface area contributed by atoms with Crippen molar-refractivity contribution >= 4 is 18.0 Å². The molecule has 1 N–H and O–H groups in total. The maximum Gasteiger partial charge on any atom is 0.252 e. The van der Waals surface area contributed by atoms with E-state index in [0.29, 0.717) is 28.4 Å². The first-order valence-electron chi connectivity index (χ1n) is 10.6. The highest BCUT2D eigenvalue weighted by Crippen LogP contribution is 2.38. The topological polar surface area (TPSA) is 95.2 Å². The Morgan fingerprint density at radius 2 is 1.53 bits per heavy atom. The van der Waals surface area contributed by atoms with Crippen LogP contribution >= 0.6 is 0 Å². The summed E-state index contributed by atoms with van der Waals surface area (Å²) in [6, 6.07) is 20.3. The summed E-state index contributed by atoms with van der Waals surface area (Å²) in [7, 11) is 4.60. The third-order valence-corrected chi connectivity index (χ3v) is 5.51. The Morgan fingerprint density at radius 3 is 2.09 bits per heavy atom. The van der Waals surface area contributed by atoms with Gasteiger partial charge in [-0.05, 0) is 29.4 Å². The second kappa shape index (κ2) is 10.1. The molecular weight excluding hydrogens is 434 g/mol. The van der Waals surface area contributed by atoms with Crippen molar-refractivity contribution in [3.63, 3.8) is 0 Å². The third-order valence-electron chi connectivity index (χ3n) is 5.51. The fraction of sp³-hybridized carbons (Fsp3) is 0.192. The number of nitrogens with zero attached hydrogens (tertiary/aromatic N) is 2. The largest absolute Gasteiger partial charge is 0.856 e. The average Bonchev–Trinajstić information content (AvgIpc) is 3.18. The van der Waals surface area contributed by atoms with Crippen LogP contribution in [0.25, 0.3) is 0 Å². The van der Waals surface area contributed by atoms with Crippen molar-refractivity contribution in [2.45, 2.75) is 12.1 Å². The molecule has 1 aliphatic heterocycles. The van der Waals surface area contributed by atoms with Crippen LogP contribution in [0.2, 0.25) is 0 Å². The summed E-state index contributed by atoms with van der Waals surface area (Å²) in [5, 5.41) is 20.1. The summed E-state index contributed by atoms with van der Waals surface area (Å²) in [6.45, 7) is 0. The van der Waals surface area contributed by atoms with Gasteiger partial charge in [0.2, 0.25) is 18.0 Å². The lowest BCUT2D eigenvalue weighted by Crippen LogP contribution is -2.47. The van der Waals surface area contributed by atoms with Crippen molar-refractivity contribution in [3.05, 3.63) is 89.5 Å². The molecule has 0 spiro atoms. The second-order valence-corrected chi connectivity index (χ2v) is 7.58. The normalized spacial score (nSPS) is 18.3. The molecule has 4 rings (SSSR count). The summed E-state index contributed by atoms with van der Waals surface area (Å²) >= 11 is 0. The molecule has 2 atom stereocenters. The van der Waals surface area contributed by atoms with Crippen molar-refractivity contribution in [2.75, 3.05) is 21.3 Å². The lowest BCUT2D eigenvalue weighted by Gasteiger charge is -2.20. The standard InChI is InChI=1S/C26H25N3O5/c1-32-20-14-17(15-21(33-2)24(20)34-3)16-29-23(18-10-6-4-7-11-18)22(26(31)28-29)27-25(30)19-12-8-5-9-13-19/h4-16,22-23H,1-3H3,(H-,27,28,30,31)/b29-16-/t22-,23-/m0/s1. The van der Waals surface area contributed by atoms with Crippen molar-refractivity contribution < 1.29 is 28.8 Å². The van der Waals surface area contributed by atoms with Gasteiger partial charge in [0.05, 0.1) is 27.2 Å². The molecule has 3 aromatic carbocycles. The van der Waals surface area contributed by atoms with Gasteiger partial charge in [-0.2, -0.15) is 0 Å². The van der Waals surface area contributed by atoms with E-state index in [1.807, 2.05) is 36.4 Å². The van der Waals surface area contributed by atoms with Crippen LogP contribution in [0.1, 0.15) is 27.5 Å². The summed E-state index contributed by atoms with van der Waals surface area (Å²) in [4.78, 5) is 12.8. The zero-order valence-electron chi connectivity index (χ0n) is 19.1. The summed E-state index contributed by atoms with van der Waals surface area (Å²) in [5.74, 6) is 0.628. The molecule has 0 saturated heterocycles. The van der Waals surface area contributed by atoms with E-state index in [4.69, 9.17) is 14.2 Å². The lowest BCUT2D eigenvalue weighted by atomic mass is 9.99. The van der Waals surface area contributed by atoms with Crippen LogP contribution in [-0.2, 0) is 0 Å². The van der Waals surface area contributed by atoms with E-state index in [0.717, 1.165) is 5.56 Å². The highest BCUT2D eigenvalue weighted by atomic mass is 16.5. The summed E-state index contributed by atoms with van der Waals surface area (Å²) in [5.41, 5.74) is 1.98. The number of hydrazone groups is 1. The minimum Gasteiger partial charge on any atom is -0.856 e. The fourth-order valence-corrected chi connectivity index (χ4v) is 3.91. The average molecular weight is 460 g/mol. The molecule has 8 nitrogen and oxygen atoms in total. The number of carbonyl (C=O) groups is 1. The Kier molecular flexibility index (Phi) is 6.77. The van der Waals surface area contributed by atoms with Gasteiger partial charge >= 0.3 is 0 Å². The molecule has 0 aliphatic carbocycles. The predicted octanol–water partition coefficient (Wildman–Crippen LogP) is 2.37. The van der Waals surface area contributed by atoms with Gasteiger partial charge in [0.25, 0.3) is 5.91 Å².